The van der Waals surface area contributed by atoms with Gasteiger partial charge in [-0.25, -0.2) is 0 Å². The molecule has 0 fully saturated rings. The second kappa shape index (κ2) is 16.1. The number of fused-ring (bicyclic) bond motifs is 16. The molecule has 0 amide bonds. The van der Waals surface area contributed by atoms with E-state index in [9.17, 15) is 0 Å². The quantitative estimate of drug-likeness (QED) is 0.171. The lowest BCUT2D eigenvalue weighted by molar-refractivity contribution is 0.660. The van der Waals surface area contributed by atoms with E-state index in [-0.39, 0.29) is 5.41 Å². The van der Waals surface area contributed by atoms with Crippen molar-refractivity contribution in [2.24, 2.45) is 0 Å². The van der Waals surface area contributed by atoms with Crippen LogP contribution < -0.4 is 4.90 Å². The first-order valence-electron chi connectivity index (χ1n) is 24.7. The molecule has 0 spiro atoms. The second-order valence-electron chi connectivity index (χ2n) is 19.5. The smallest absolute Gasteiger partial charge is 0.143 e. The third-order valence-corrected chi connectivity index (χ3v) is 15.3. The average Bonchev–Trinajstić information content (AvgIpc) is 3.92. The number of benzene rings is 11. The summed E-state index contributed by atoms with van der Waals surface area (Å²) < 4.78 is 6.56. The zero-order valence-electron chi connectivity index (χ0n) is 39.5. The monoisotopic (exact) mass is 905 g/mol. The van der Waals surface area contributed by atoms with Crippen LogP contribution in [0.5, 0.6) is 0 Å². The predicted octanol–water partition coefficient (Wildman–Crippen LogP) is 19.6. The highest BCUT2D eigenvalue weighted by Gasteiger charge is 2.37. The maximum atomic E-state index is 6.56. The van der Waals surface area contributed by atoms with Crippen LogP contribution in [0.2, 0.25) is 0 Å². The first-order valence-corrected chi connectivity index (χ1v) is 24.7. The number of nitrogens with zero attached hydrogens (tertiary/aromatic N) is 1. The van der Waals surface area contributed by atoms with E-state index >= 15 is 0 Å². The van der Waals surface area contributed by atoms with Crippen molar-refractivity contribution in [3.05, 3.63) is 260 Å². The van der Waals surface area contributed by atoms with Gasteiger partial charge in [0.25, 0.3) is 0 Å². The molecule has 1 aliphatic rings. The minimum absolute atomic E-state index is 0.293. The number of furan rings is 1. The van der Waals surface area contributed by atoms with Crippen LogP contribution in [-0.4, -0.2) is 0 Å². The van der Waals surface area contributed by atoms with E-state index < -0.39 is 0 Å². The summed E-state index contributed by atoms with van der Waals surface area (Å²) in [6.45, 7) is 4.77. The van der Waals surface area contributed by atoms with Crippen LogP contribution in [0.25, 0.3) is 109 Å². The topological polar surface area (TPSA) is 16.4 Å². The van der Waals surface area contributed by atoms with Gasteiger partial charge < -0.3 is 9.32 Å². The first-order chi connectivity index (χ1) is 35.0. The maximum Gasteiger partial charge on any atom is 0.143 e. The molecule has 0 saturated carbocycles. The van der Waals surface area contributed by atoms with Crippen LogP contribution in [0.15, 0.2) is 253 Å². The molecule has 71 heavy (non-hydrogen) atoms. The summed E-state index contributed by atoms with van der Waals surface area (Å²) in [5.74, 6) is 0. The van der Waals surface area contributed by atoms with E-state index in [0.29, 0.717) is 0 Å². The Balaban J connectivity index is 1.02. The Hall–Kier alpha value is -8.98. The van der Waals surface area contributed by atoms with Gasteiger partial charge in [0.1, 0.15) is 11.2 Å². The van der Waals surface area contributed by atoms with Gasteiger partial charge in [0.05, 0.1) is 5.69 Å². The lowest BCUT2D eigenvalue weighted by atomic mass is 9.81. The molecule has 2 nitrogen and oxygen atoms in total. The Labute approximate surface area is 412 Å². The van der Waals surface area contributed by atoms with E-state index in [4.69, 9.17) is 4.42 Å². The molecule has 0 saturated heterocycles. The summed E-state index contributed by atoms with van der Waals surface area (Å²) in [5, 5.41) is 14.4. The molecule has 0 atom stereocenters. The van der Waals surface area contributed by atoms with Gasteiger partial charge in [0.2, 0.25) is 0 Å². The van der Waals surface area contributed by atoms with E-state index in [1.54, 1.807) is 0 Å². The van der Waals surface area contributed by atoms with Crippen LogP contribution in [-0.2, 0) is 5.41 Å². The lowest BCUT2D eigenvalue weighted by Gasteiger charge is -2.30. The van der Waals surface area contributed by atoms with E-state index in [2.05, 4.69) is 261 Å². The molecule has 1 heterocycles. The van der Waals surface area contributed by atoms with Gasteiger partial charge in [0, 0.05) is 38.7 Å². The van der Waals surface area contributed by atoms with Crippen LogP contribution >= 0.6 is 0 Å². The lowest BCUT2D eigenvalue weighted by Crippen LogP contribution is -2.17. The Morgan fingerprint density at radius 1 is 0.296 bits per heavy atom. The zero-order chi connectivity index (χ0) is 47.2. The molecule has 0 bridgehead atoms. The Morgan fingerprint density at radius 3 is 1.38 bits per heavy atom. The van der Waals surface area contributed by atoms with Crippen molar-refractivity contribution < 1.29 is 4.42 Å². The fourth-order valence-electron chi connectivity index (χ4n) is 11.9. The molecule has 13 aromatic rings. The number of hydrogen-bond donors (Lipinski definition) is 0. The summed E-state index contributed by atoms with van der Waals surface area (Å²) in [6, 6.07) is 91.6. The van der Waals surface area contributed by atoms with E-state index in [1.807, 2.05) is 6.07 Å². The summed E-state index contributed by atoms with van der Waals surface area (Å²) >= 11 is 0. The van der Waals surface area contributed by atoms with Gasteiger partial charge in [-0.05, 0) is 130 Å². The highest BCUT2D eigenvalue weighted by atomic mass is 16.3. The molecule has 0 unspecified atom stereocenters. The van der Waals surface area contributed by atoms with Crippen molar-refractivity contribution in [3.63, 3.8) is 0 Å². The Bertz CT molecular complexity index is 4310. The number of hydrogen-bond acceptors (Lipinski definition) is 2. The fourth-order valence-corrected chi connectivity index (χ4v) is 11.9. The summed E-state index contributed by atoms with van der Waals surface area (Å²) in [6.07, 6.45) is 0. The number of anilines is 3. The van der Waals surface area contributed by atoms with Crippen LogP contribution in [0.3, 0.4) is 0 Å². The first kappa shape index (κ1) is 41.0. The normalized spacial score (nSPS) is 12.8. The molecule has 0 aliphatic heterocycles. The SMILES string of the molecule is CC1(C)c2cc(-c3cccc4c3oc3ccccc34)ccc2-c2ccc(N(c3ccc4c5ccccc5c5ccccc5c5ccccc5c5ccccc5c4c3)c3ccccc3-c3ccccc3)cc21. The number of rotatable bonds is 5. The van der Waals surface area contributed by atoms with Gasteiger partial charge >= 0.3 is 0 Å². The minimum atomic E-state index is -0.293. The second-order valence-corrected chi connectivity index (χ2v) is 19.5. The van der Waals surface area contributed by atoms with Gasteiger partial charge in [-0.3, -0.25) is 0 Å². The van der Waals surface area contributed by atoms with Gasteiger partial charge in [0.15, 0.2) is 0 Å². The molecular weight excluding hydrogens is 859 g/mol. The number of para-hydroxylation sites is 3. The predicted molar refractivity (Wildman–Crippen MR) is 302 cm³/mol. The van der Waals surface area contributed by atoms with Crippen LogP contribution in [0.1, 0.15) is 25.0 Å². The van der Waals surface area contributed by atoms with Gasteiger partial charge in [-0.15, -0.1) is 0 Å². The van der Waals surface area contributed by atoms with Gasteiger partial charge in [-0.2, -0.15) is 0 Å². The Kier molecular flexibility index (Phi) is 9.28. The zero-order valence-corrected chi connectivity index (χ0v) is 39.5. The summed E-state index contributed by atoms with van der Waals surface area (Å²) in [5.41, 5.74) is 14.6. The maximum absolute atomic E-state index is 6.56. The highest BCUT2D eigenvalue weighted by molar-refractivity contribution is 6.26. The summed E-state index contributed by atoms with van der Waals surface area (Å²) in [4.78, 5) is 2.49. The molecular formula is C69H47NO. The molecule has 334 valence electrons. The van der Waals surface area contributed by atoms with Gasteiger partial charge in [-0.1, -0.05) is 220 Å². The van der Waals surface area contributed by atoms with E-state index in [1.165, 1.54) is 81.7 Å². The molecule has 12 aromatic carbocycles. The summed E-state index contributed by atoms with van der Waals surface area (Å²) in [7, 11) is 0. The Morgan fingerprint density at radius 2 is 0.746 bits per heavy atom. The minimum Gasteiger partial charge on any atom is -0.455 e. The molecule has 0 N–H and O–H groups in total. The average molecular weight is 906 g/mol. The molecule has 14 rings (SSSR count). The van der Waals surface area contributed by atoms with Crippen molar-refractivity contribution in [3.8, 4) is 33.4 Å². The molecule has 0 radical (unpaired) electrons. The highest BCUT2D eigenvalue weighted by Crippen LogP contribution is 2.53. The van der Waals surface area contributed by atoms with Crippen molar-refractivity contribution in [2.75, 3.05) is 4.90 Å². The fraction of sp³-hybridized carbons (Fsp3) is 0.0435. The molecule has 2 heteroatoms. The third kappa shape index (κ3) is 6.42. The molecule has 1 aliphatic carbocycles. The largest absolute Gasteiger partial charge is 0.455 e. The van der Waals surface area contributed by atoms with Crippen molar-refractivity contribution in [2.45, 2.75) is 19.3 Å². The van der Waals surface area contributed by atoms with Crippen LogP contribution in [0, 0.1) is 0 Å². The molecule has 1 aromatic heterocycles. The van der Waals surface area contributed by atoms with E-state index in [0.717, 1.165) is 55.7 Å². The third-order valence-electron chi connectivity index (χ3n) is 15.3. The van der Waals surface area contributed by atoms with Crippen LogP contribution in [0.4, 0.5) is 17.1 Å². The van der Waals surface area contributed by atoms with Crippen molar-refractivity contribution in [1.82, 2.24) is 0 Å². The standard InChI is InChI=1S/C69H47NO/c1-69(2)64-41-45(49-31-18-32-62-61-30-15-17-34-67(61)71-68(49)62)35-38-59(64)60-40-37-47(43-65(60)69)70(66-33-16-14-21-48(66)44-19-4-3-5-20-44)46-36-39-58-56-28-11-10-26-54(56)52-24-7-6-22-50(52)51-23-8-9-25-53(51)55-27-12-13-29-57(55)63(58)42-46/h3-43H,1-2H3. The van der Waals surface area contributed by atoms with Crippen molar-refractivity contribution >= 4 is 92.9 Å². The van der Waals surface area contributed by atoms with Crippen molar-refractivity contribution in [1.29, 1.82) is 0 Å².